The van der Waals surface area contributed by atoms with E-state index in [1.54, 1.807) is 38.1 Å². The third-order valence-corrected chi connectivity index (χ3v) is 5.94. The molecule has 1 aromatic carbocycles. The van der Waals surface area contributed by atoms with Crippen LogP contribution in [0.25, 0.3) is 0 Å². The van der Waals surface area contributed by atoms with Crippen LogP contribution in [0.15, 0.2) is 33.6 Å². The number of hydrogen-bond acceptors (Lipinski definition) is 3. The molecule has 0 saturated heterocycles. The summed E-state index contributed by atoms with van der Waals surface area (Å²) in [5.41, 5.74) is -0.752. The second-order valence-corrected chi connectivity index (χ2v) is 8.57. The molecule has 0 aliphatic heterocycles. The molecule has 0 spiro atoms. The summed E-state index contributed by atoms with van der Waals surface area (Å²) >= 11 is 3.29. The van der Waals surface area contributed by atoms with Gasteiger partial charge in [0, 0.05) is 10.5 Å². The molecule has 0 bridgehead atoms. The fraction of sp³-hybridized carbons (Fsp3) is 0.571. The van der Waals surface area contributed by atoms with E-state index in [-0.39, 0.29) is 16.9 Å². The molecular weight excluding hydrogens is 342 g/mol. The fourth-order valence-electron chi connectivity index (χ4n) is 2.63. The molecule has 2 N–H and O–H groups in total. The Morgan fingerprint density at radius 2 is 1.85 bits per heavy atom. The Morgan fingerprint density at radius 3 is 2.35 bits per heavy atom. The predicted molar refractivity (Wildman–Crippen MR) is 81.9 cm³/mol. The van der Waals surface area contributed by atoms with Crippen LogP contribution >= 0.6 is 15.9 Å². The second kappa shape index (κ2) is 5.75. The molecule has 20 heavy (non-hydrogen) atoms. The Labute approximate surface area is 128 Å². The Balaban J connectivity index is 2.05. The van der Waals surface area contributed by atoms with Crippen molar-refractivity contribution in [2.24, 2.45) is 5.92 Å². The minimum atomic E-state index is -3.48. The van der Waals surface area contributed by atoms with Crippen molar-refractivity contribution in [2.75, 3.05) is 0 Å². The highest BCUT2D eigenvalue weighted by Crippen LogP contribution is 2.34. The molecule has 2 atom stereocenters. The van der Waals surface area contributed by atoms with Gasteiger partial charge in [0.05, 0.1) is 10.5 Å². The van der Waals surface area contributed by atoms with E-state index in [1.165, 1.54) is 0 Å². The zero-order valence-corrected chi connectivity index (χ0v) is 14.0. The van der Waals surface area contributed by atoms with Crippen LogP contribution in [0.1, 0.15) is 33.1 Å². The van der Waals surface area contributed by atoms with E-state index in [9.17, 15) is 13.5 Å². The first-order valence-corrected chi connectivity index (χ1v) is 8.96. The van der Waals surface area contributed by atoms with Crippen molar-refractivity contribution >= 4 is 26.0 Å². The molecular formula is C14H20BrNO3S. The summed E-state index contributed by atoms with van der Waals surface area (Å²) in [5, 5.41) is 10.00. The zero-order chi connectivity index (χ0) is 15.0. The van der Waals surface area contributed by atoms with Crippen LogP contribution < -0.4 is 4.72 Å². The quantitative estimate of drug-likeness (QED) is 0.866. The highest BCUT2D eigenvalue weighted by Gasteiger charge is 2.36. The topological polar surface area (TPSA) is 66.4 Å². The number of hydrogen-bond donors (Lipinski definition) is 2. The lowest BCUT2D eigenvalue weighted by molar-refractivity contribution is 0.0193. The third kappa shape index (κ3) is 3.81. The Bertz CT molecular complexity index is 563. The summed E-state index contributed by atoms with van der Waals surface area (Å²) in [5.74, 6) is 0.139. The molecule has 2 rings (SSSR count). The van der Waals surface area contributed by atoms with Crippen molar-refractivity contribution in [3.63, 3.8) is 0 Å². The highest BCUT2D eigenvalue weighted by atomic mass is 79.9. The maximum atomic E-state index is 12.3. The monoisotopic (exact) mass is 361 g/mol. The van der Waals surface area contributed by atoms with Crippen molar-refractivity contribution in [3.05, 3.63) is 28.7 Å². The Kier molecular flexibility index (Phi) is 4.59. The van der Waals surface area contributed by atoms with Gasteiger partial charge in [0.2, 0.25) is 10.0 Å². The SMILES string of the molecule is CC(C)(O)C1CCC(NS(=O)(=O)c2ccc(Br)cc2)C1. The van der Waals surface area contributed by atoms with Gasteiger partial charge in [0.15, 0.2) is 0 Å². The zero-order valence-electron chi connectivity index (χ0n) is 11.6. The smallest absolute Gasteiger partial charge is 0.240 e. The van der Waals surface area contributed by atoms with Gasteiger partial charge < -0.3 is 5.11 Å². The Hall–Kier alpha value is -0.430. The molecule has 0 amide bonds. The van der Waals surface area contributed by atoms with Crippen molar-refractivity contribution in [1.82, 2.24) is 4.72 Å². The molecule has 1 fully saturated rings. The van der Waals surface area contributed by atoms with E-state index in [0.717, 1.165) is 17.3 Å². The number of benzene rings is 1. The first-order chi connectivity index (χ1) is 9.18. The molecule has 112 valence electrons. The van der Waals surface area contributed by atoms with Crippen LogP contribution in [-0.2, 0) is 10.0 Å². The summed E-state index contributed by atoms with van der Waals surface area (Å²) in [6.45, 7) is 3.56. The average molecular weight is 362 g/mol. The van der Waals surface area contributed by atoms with Gasteiger partial charge in [-0.3, -0.25) is 0 Å². The molecule has 1 aliphatic rings. The van der Waals surface area contributed by atoms with Gasteiger partial charge in [0.1, 0.15) is 0 Å². The largest absolute Gasteiger partial charge is 0.390 e. The molecule has 0 aromatic heterocycles. The lowest BCUT2D eigenvalue weighted by atomic mass is 9.90. The van der Waals surface area contributed by atoms with Gasteiger partial charge in [-0.15, -0.1) is 0 Å². The maximum absolute atomic E-state index is 12.3. The molecule has 0 radical (unpaired) electrons. The molecule has 6 heteroatoms. The summed E-state index contributed by atoms with van der Waals surface area (Å²) in [6.07, 6.45) is 2.29. The molecule has 2 unspecified atom stereocenters. The molecule has 4 nitrogen and oxygen atoms in total. The van der Waals surface area contributed by atoms with Gasteiger partial charge >= 0.3 is 0 Å². The van der Waals surface area contributed by atoms with Crippen molar-refractivity contribution in [3.8, 4) is 0 Å². The molecule has 0 heterocycles. The van der Waals surface area contributed by atoms with Crippen molar-refractivity contribution < 1.29 is 13.5 Å². The van der Waals surface area contributed by atoms with Crippen LogP contribution in [0.3, 0.4) is 0 Å². The normalized spacial score (nSPS) is 24.0. The van der Waals surface area contributed by atoms with Crippen LogP contribution in [0, 0.1) is 5.92 Å². The summed E-state index contributed by atoms with van der Waals surface area (Å²) < 4.78 is 28.1. The van der Waals surface area contributed by atoms with Gasteiger partial charge in [-0.1, -0.05) is 15.9 Å². The Morgan fingerprint density at radius 1 is 1.25 bits per heavy atom. The summed E-state index contributed by atoms with van der Waals surface area (Å²) in [6, 6.07) is 6.48. The first-order valence-electron chi connectivity index (χ1n) is 6.69. The van der Waals surface area contributed by atoms with E-state index < -0.39 is 15.6 Å². The number of aliphatic hydroxyl groups is 1. The van der Waals surface area contributed by atoms with Crippen LogP contribution in [-0.4, -0.2) is 25.2 Å². The van der Waals surface area contributed by atoms with Gasteiger partial charge in [-0.05, 0) is 63.3 Å². The number of nitrogens with one attached hydrogen (secondary N) is 1. The number of rotatable bonds is 4. The van der Waals surface area contributed by atoms with Crippen LogP contribution in [0.4, 0.5) is 0 Å². The van der Waals surface area contributed by atoms with E-state index in [0.29, 0.717) is 6.42 Å². The first kappa shape index (κ1) is 15.9. The van der Waals surface area contributed by atoms with E-state index in [4.69, 9.17) is 0 Å². The highest BCUT2D eigenvalue weighted by molar-refractivity contribution is 9.10. The predicted octanol–water partition coefficient (Wildman–Crippen LogP) is 2.67. The average Bonchev–Trinajstić information content (AvgIpc) is 2.77. The number of halogens is 1. The van der Waals surface area contributed by atoms with E-state index in [1.807, 2.05) is 0 Å². The third-order valence-electron chi connectivity index (χ3n) is 3.88. The van der Waals surface area contributed by atoms with Crippen molar-refractivity contribution in [2.45, 2.75) is 49.6 Å². The lowest BCUT2D eigenvalue weighted by Crippen LogP contribution is -2.35. The molecule has 1 aliphatic carbocycles. The van der Waals surface area contributed by atoms with E-state index >= 15 is 0 Å². The van der Waals surface area contributed by atoms with Gasteiger partial charge in [0.25, 0.3) is 0 Å². The van der Waals surface area contributed by atoms with E-state index in [2.05, 4.69) is 20.7 Å². The van der Waals surface area contributed by atoms with Crippen LogP contribution in [0.2, 0.25) is 0 Å². The fourth-order valence-corrected chi connectivity index (χ4v) is 4.18. The summed E-state index contributed by atoms with van der Waals surface area (Å²) in [4.78, 5) is 0.271. The van der Waals surface area contributed by atoms with Crippen molar-refractivity contribution in [1.29, 1.82) is 0 Å². The lowest BCUT2D eigenvalue weighted by Gasteiger charge is -2.25. The van der Waals surface area contributed by atoms with Gasteiger partial charge in [-0.25, -0.2) is 13.1 Å². The summed E-state index contributed by atoms with van der Waals surface area (Å²) in [7, 11) is -3.48. The minimum Gasteiger partial charge on any atom is -0.390 e. The van der Waals surface area contributed by atoms with Gasteiger partial charge in [-0.2, -0.15) is 0 Å². The number of sulfonamides is 1. The maximum Gasteiger partial charge on any atom is 0.240 e. The minimum absolute atomic E-state index is 0.0972. The second-order valence-electron chi connectivity index (χ2n) is 5.94. The van der Waals surface area contributed by atoms with Crippen LogP contribution in [0.5, 0.6) is 0 Å². The standard InChI is InChI=1S/C14H20BrNO3S/c1-14(2,17)10-3-6-12(9-10)16-20(18,19)13-7-4-11(15)5-8-13/h4-5,7-8,10,12,16-17H,3,6,9H2,1-2H3. The molecule has 1 aromatic rings. The molecule has 1 saturated carbocycles.